The minimum absolute atomic E-state index is 0.362. The van der Waals surface area contributed by atoms with E-state index in [9.17, 15) is 4.79 Å². The summed E-state index contributed by atoms with van der Waals surface area (Å²) in [5.41, 5.74) is 0.479. The fourth-order valence-electron chi connectivity index (χ4n) is 2.59. The Labute approximate surface area is 126 Å². The third-order valence-electron chi connectivity index (χ3n) is 3.94. The van der Waals surface area contributed by atoms with Gasteiger partial charge in [-0.2, -0.15) is 0 Å². The van der Waals surface area contributed by atoms with E-state index in [4.69, 9.17) is 9.47 Å². The zero-order valence-corrected chi connectivity index (χ0v) is 13.0. The quantitative estimate of drug-likeness (QED) is 0.743. The molecule has 0 spiro atoms. The van der Waals surface area contributed by atoms with Gasteiger partial charge in [-0.05, 0) is 39.2 Å². The molecule has 1 aliphatic heterocycles. The average molecular weight is 292 g/mol. The zero-order valence-electron chi connectivity index (χ0n) is 13.0. The molecule has 0 bridgehead atoms. The molecule has 0 saturated carbocycles. The summed E-state index contributed by atoms with van der Waals surface area (Å²) in [5.74, 6) is 0.229. The Bertz CT molecular complexity index is 476. The van der Waals surface area contributed by atoms with Crippen molar-refractivity contribution in [2.45, 2.75) is 12.5 Å². The van der Waals surface area contributed by atoms with Crippen molar-refractivity contribution in [3.8, 4) is 5.75 Å². The third kappa shape index (κ3) is 4.19. The molecule has 0 radical (unpaired) electrons. The van der Waals surface area contributed by atoms with E-state index in [0.29, 0.717) is 24.0 Å². The molecule has 1 aliphatic rings. The summed E-state index contributed by atoms with van der Waals surface area (Å²) in [6, 6.07) is 7.83. The fraction of sp³-hybridized carbons (Fsp3) is 0.562. The first kappa shape index (κ1) is 15.8. The van der Waals surface area contributed by atoms with Crippen molar-refractivity contribution >= 4 is 5.97 Å². The van der Waals surface area contributed by atoms with Crippen LogP contribution in [0.3, 0.4) is 0 Å². The van der Waals surface area contributed by atoms with Gasteiger partial charge in [-0.25, -0.2) is 4.79 Å². The number of rotatable bonds is 6. The van der Waals surface area contributed by atoms with Crippen molar-refractivity contribution in [1.82, 2.24) is 9.80 Å². The molecular weight excluding hydrogens is 268 g/mol. The van der Waals surface area contributed by atoms with Crippen LogP contribution in [-0.2, 0) is 4.74 Å². The van der Waals surface area contributed by atoms with Gasteiger partial charge in [0.15, 0.2) is 0 Å². The predicted octanol–water partition coefficient (Wildman–Crippen LogP) is 1.49. The number of benzene rings is 1. The van der Waals surface area contributed by atoms with E-state index < -0.39 is 0 Å². The standard InChI is InChI=1S/C16H24N2O3/c1-17(2)13-8-9-18(12-13)10-11-21-15-7-5-4-6-14(15)16(19)20-3/h4-7,13H,8-12H2,1-3H3/t13-/m1/s1. The largest absolute Gasteiger partial charge is 0.491 e. The first-order chi connectivity index (χ1) is 10.1. The minimum atomic E-state index is -0.362. The predicted molar refractivity (Wildman–Crippen MR) is 81.8 cm³/mol. The number of hydrogen-bond acceptors (Lipinski definition) is 5. The fourth-order valence-corrected chi connectivity index (χ4v) is 2.59. The maximum absolute atomic E-state index is 11.7. The molecular formula is C16H24N2O3. The highest BCUT2D eigenvalue weighted by Crippen LogP contribution is 2.19. The molecule has 1 fully saturated rings. The lowest BCUT2D eigenvalue weighted by molar-refractivity contribution is 0.0595. The SMILES string of the molecule is COC(=O)c1ccccc1OCCN1CC[C@@H](N(C)C)C1. The lowest BCUT2D eigenvalue weighted by Gasteiger charge is -2.20. The lowest BCUT2D eigenvalue weighted by atomic mass is 10.2. The molecule has 0 N–H and O–H groups in total. The maximum Gasteiger partial charge on any atom is 0.341 e. The molecule has 0 aromatic heterocycles. The number of carbonyl (C=O) groups is 1. The Morgan fingerprint density at radius 1 is 1.38 bits per heavy atom. The minimum Gasteiger partial charge on any atom is -0.491 e. The van der Waals surface area contributed by atoms with Gasteiger partial charge in [-0.3, -0.25) is 4.90 Å². The van der Waals surface area contributed by atoms with Crippen LogP contribution in [0, 0.1) is 0 Å². The van der Waals surface area contributed by atoms with E-state index in [1.807, 2.05) is 6.07 Å². The van der Waals surface area contributed by atoms with Crippen molar-refractivity contribution in [3.05, 3.63) is 29.8 Å². The van der Waals surface area contributed by atoms with Crippen molar-refractivity contribution in [2.24, 2.45) is 0 Å². The molecule has 1 saturated heterocycles. The molecule has 2 rings (SSSR count). The third-order valence-corrected chi connectivity index (χ3v) is 3.94. The van der Waals surface area contributed by atoms with Crippen molar-refractivity contribution < 1.29 is 14.3 Å². The monoisotopic (exact) mass is 292 g/mol. The second-order valence-corrected chi connectivity index (χ2v) is 5.54. The first-order valence-corrected chi connectivity index (χ1v) is 7.30. The van der Waals surface area contributed by atoms with Crippen LogP contribution in [0.5, 0.6) is 5.75 Å². The van der Waals surface area contributed by atoms with Crippen molar-refractivity contribution in [3.63, 3.8) is 0 Å². The Hall–Kier alpha value is -1.59. The van der Waals surface area contributed by atoms with Crippen molar-refractivity contribution in [1.29, 1.82) is 0 Å². The van der Waals surface area contributed by atoms with E-state index in [2.05, 4.69) is 23.9 Å². The highest BCUT2D eigenvalue weighted by Gasteiger charge is 2.23. The lowest BCUT2D eigenvalue weighted by Crippen LogP contribution is -2.33. The van der Waals surface area contributed by atoms with Crippen molar-refractivity contribution in [2.75, 3.05) is 47.4 Å². The highest BCUT2D eigenvalue weighted by atomic mass is 16.5. The summed E-state index contributed by atoms with van der Waals surface area (Å²) in [6.45, 7) is 3.63. The number of nitrogens with zero attached hydrogens (tertiary/aromatic N) is 2. The summed E-state index contributed by atoms with van der Waals surface area (Å²) in [6.07, 6.45) is 1.20. The number of likely N-dealkylation sites (N-methyl/N-ethyl adjacent to an activating group) is 1. The molecule has 0 aliphatic carbocycles. The molecule has 1 aromatic carbocycles. The van der Waals surface area contributed by atoms with Crippen LogP contribution < -0.4 is 4.74 Å². The van der Waals surface area contributed by atoms with Gasteiger partial charge in [-0.15, -0.1) is 0 Å². The van der Waals surface area contributed by atoms with Crippen LogP contribution in [-0.4, -0.2) is 69.3 Å². The Morgan fingerprint density at radius 2 is 2.14 bits per heavy atom. The Kier molecular flexibility index (Phi) is 5.59. The summed E-state index contributed by atoms with van der Waals surface area (Å²) in [4.78, 5) is 16.3. The molecule has 116 valence electrons. The summed E-state index contributed by atoms with van der Waals surface area (Å²) in [7, 11) is 5.62. The number of methoxy groups -OCH3 is 1. The highest BCUT2D eigenvalue weighted by molar-refractivity contribution is 5.92. The summed E-state index contributed by atoms with van der Waals surface area (Å²) in [5, 5.41) is 0. The molecule has 1 aromatic rings. The number of likely N-dealkylation sites (tertiary alicyclic amines) is 1. The van der Waals surface area contributed by atoms with Gasteiger partial charge < -0.3 is 14.4 Å². The molecule has 0 unspecified atom stereocenters. The van der Waals surface area contributed by atoms with E-state index in [1.54, 1.807) is 18.2 Å². The summed E-state index contributed by atoms with van der Waals surface area (Å²) >= 11 is 0. The van der Waals surface area contributed by atoms with Gasteiger partial charge in [0.25, 0.3) is 0 Å². The van der Waals surface area contributed by atoms with Gasteiger partial charge in [0, 0.05) is 19.1 Å². The van der Waals surface area contributed by atoms with Gasteiger partial charge in [-0.1, -0.05) is 12.1 Å². The summed E-state index contributed by atoms with van der Waals surface area (Å²) < 4.78 is 10.5. The normalized spacial score (nSPS) is 19.0. The number of carbonyl (C=O) groups excluding carboxylic acids is 1. The van der Waals surface area contributed by atoms with Crippen LogP contribution in [0.1, 0.15) is 16.8 Å². The van der Waals surface area contributed by atoms with E-state index >= 15 is 0 Å². The van der Waals surface area contributed by atoms with Crippen LogP contribution >= 0.6 is 0 Å². The Balaban J connectivity index is 1.83. The van der Waals surface area contributed by atoms with Crippen LogP contribution in [0.15, 0.2) is 24.3 Å². The van der Waals surface area contributed by atoms with Gasteiger partial charge in [0.1, 0.15) is 17.9 Å². The van der Waals surface area contributed by atoms with E-state index in [-0.39, 0.29) is 5.97 Å². The zero-order chi connectivity index (χ0) is 15.2. The van der Waals surface area contributed by atoms with Gasteiger partial charge >= 0.3 is 5.97 Å². The van der Waals surface area contributed by atoms with Gasteiger partial charge in [0.2, 0.25) is 0 Å². The number of hydrogen-bond donors (Lipinski definition) is 0. The maximum atomic E-state index is 11.7. The second-order valence-electron chi connectivity index (χ2n) is 5.54. The topological polar surface area (TPSA) is 42.0 Å². The van der Waals surface area contributed by atoms with E-state index in [0.717, 1.165) is 19.6 Å². The molecule has 1 atom stereocenters. The first-order valence-electron chi connectivity index (χ1n) is 7.30. The van der Waals surface area contributed by atoms with Crippen LogP contribution in [0.2, 0.25) is 0 Å². The second kappa shape index (κ2) is 7.43. The number of para-hydroxylation sites is 1. The molecule has 1 heterocycles. The van der Waals surface area contributed by atoms with Crippen LogP contribution in [0.4, 0.5) is 0 Å². The van der Waals surface area contributed by atoms with E-state index in [1.165, 1.54) is 13.5 Å². The smallest absolute Gasteiger partial charge is 0.341 e. The molecule has 21 heavy (non-hydrogen) atoms. The molecule has 5 heteroatoms. The molecule has 0 amide bonds. The average Bonchev–Trinajstić information content (AvgIpc) is 2.96. The number of ether oxygens (including phenoxy) is 2. The Morgan fingerprint density at radius 3 is 2.81 bits per heavy atom. The van der Waals surface area contributed by atoms with Gasteiger partial charge in [0.05, 0.1) is 7.11 Å². The molecule has 5 nitrogen and oxygen atoms in total. The van der Waals surface area contributed by atoms with Crippen LogP contribution in [0.25, 0.3) is 0 Å². The number of esters is 1.